The van der Waals surface area contributed by atoms with Crippen molar-refractivity contribution in [3.8, 4) is 0 Å². The number of rotatable bonds is 3. The van der Waals surface area contributed by atoms with Crippen LogP contribution < -0.4 is 5.73 Å². The molecule has 3 N–H and O–H groups in total. The second-order valence-corrected chi connectivity index (χ2v) is 2.67. The summed E-state index contributed by atoms with van der Waals surface area (Å²) in [6, 6.07) is 0. The fourth-order valence-corrected chi connectivity index (χ4v) is 0.794. The molecule has 0 aliphatic rings. The van der Waals surface area contributed by atoms with Crippen LogP contribution in [0.3, 0.4) is 0 Å². The summed E-state index contributed by atoms with van der Waals surface area (Å²) in [5, 5.41) is 8.82. The SMILES string of the molecule is COC(=O)C(C)=C(C)CC(N)O. The molecule has 0 aromatic rings. The normalized spacial score (nSPS) is 15.1. The van der Waals surface area contributed by atoms with E-state index < -0.39 is 6.23 Å². The summed E-state index contributed by atoms with van der Waals surface area (Å²) in [4.78, 5) is 10.9. The molecule has 70 valence electrons. The summed E-state index contributed by atoms with van der Waals surface area (Å²) in [5.41, 5.74) is 6.39. The van der Waals surface area contributed by atoms with Crippen molar-refractivity contribution in [1.82, 2.24) is 0 Å². The van der Waals surface area contributed by atoms with Crippen LogP contribution in [0, 0.1) is 0 Å². The minimum Gasteiger partial charge on any atom is -0.466 e. The van der Waals surface area contributed by atoms with Gasteiger partial charge in [0.25, 0.3) is 0 Å². The van der Waals surface area contributed by atoms with Crippen molar-refractivity contribution < 1.29 is 14.6 Å². The minimum atomic E-state index is -0.912. The molecule has 0 amide bonds. The molecule has 1 unspecified atom stereocenters. The first kappa shape index (κ1) is 11.1. The van der Waals surface area contributed by atoms with Crippen LogP contribution in [0.2, 0.25) is 0 Å². The lowest BCUT2D eigenvalue weighted by Crippen LogP contribution is -2.19. The predicted molar refractivity (Wildman–Crippen MR) is 45.2 cm³/mol. The van der Waals surface area contributed by atoms with Crippen LogP contribution in [0.25, 0.3) is 0 Å². The van der Waals surface area contributed by atoms with Gasteiger partial charge in [-0.3, -0.25) is 0 Å². The van der Waals surface area contributed by atoms with E-state index in [-0.39, 0.29) is 5.97 Å². The summed E-state index contributed by atoms with van der Waals surface area (Å²) >= 11 is 0. The summed E-state index contributed by atoms with van der Waals surface area (Å²) in [7, 11) is 1.32. The van der Waals surface area contributed by atoms with Crippen molar-refractivity contribution in [2.24, 2.45) is 5.73 Å². The number of nitrogens with two attached hydrogens (primary N) is 1. The van der Waals surface area contributed by atoms with Crippen LogP contribution in [-0.4, -0.2) is 24.4 Å². The van der Waals surface area contributed by atoms with Gasteiger partial charge in [-0.1, -0.05) is 5.57 Å². The molecule has 0 aliphatic heterocycles. The quantitative estimate of drug-likeness (QED) is 0.362. The number of ether oxygens (including phenoxy) is 1. The van der Waals surface area contributed by atoms with E-state index >= 15 is 0 Å². The molecule has 0 saturated heterocycles. The molecule has 0 radical (unpaired) electrons. The van der Waals surface area contributed by atoms with Crippen LogP contribution in [0.15, 0.2) is 11.1 Å². The zero-order chi connectivity index (χ0) is 9.72. The Kier molecular flexibility index (Phi) is 4.54. The third kappa shape index (κ3) is 3.50. The second-order valence-electron chi connectivity index (χ2n) is 2.67. The molecule has 12 heavy (non-hydrogen) atoms. The third-order valence-electron chi connectivity index (χ3n) is 1.65. The molecule has 4 nitrogen and oxygen atoms in total. The number of hydrogen-bond acceptors (Lipinski definition) is 4. The molecule has 0 heterocycles. The van der Waals surface area contributed by atoms with E-state index in [4.69, 9.17) is 10.8 Å². The molecule has 0 spiro atoms. The summed E-state index contributed by atoms with van der Waals surface area (Å²) in [5.74, 6) is -0.381. The number of carbonyl (C=O) groups is 1. The van der Waals surface area contributed by atoms with E-state index in [1.54, 1.807) is 13.8 Å². The van der Waals surface area contributed by atoms with Crippen molar-refractivity contribution in [3.05, 3.63) is 11.1 Å². The number of aliphatic hydroxyl groups is 1. The maximum atomic E-state index is 10.9. The van der Waals surface area contributed by atoms with E-state index in [0.29, 0.717) is 12.0 Å². The van der Waals surface area contributed by atoms with Gasteiger partial charge in [-0.05, 0) is 13.8 Å². The lowest BCUT2D eigenvalue weighted by atomic mass is 10.1. The van der Waals surface area contributed by atoms with E-state index in [2.05, 4.69) is 4.74 Å². The minimum absolute atomic E-state index is 0.293. The largest absolute Gasteiger partial charge is 0.466 e. The van der Waals surface area contributed by atoms with Gasteiger partial charge in [-0.2, -0.15) is 0 Å². The Morgan fingerprint density at radius 3 is 2.42 bits per heavy atom. The van der Waals surface area contributed by atoms with Crippen LogP contribution in [0.5, 0.6) is 0 Å². The first-order valence-corrected chi connectivity index (χ1v) is 3.67. The van der Waals surface area contributed by atoms with Gasteiger partial charge in [0, 0.05) is 12.0 Å². The number of esters is 1. The first-order valence-electron chi connectivity index (χ1n) is 3.67. The van der Waals surface area contributed by atoms with E-state index in [1.807, 2.05) is 0 Å². The van der Waals surface area contributed by atoms with Crippen molar-refractivity contribution in [1.29, 1.82) is 0 Å². The zero-order valence-corrected chi connectivity index (χ0v) is 7.63. The Morgan fingerprint density at radius 2 is 2.08 bits per heavy atom. The van der Waals surface area contributed by atoms with Crippen LogP contribution >= 0.6 is 0 Å². The molecule has 0 aromatic heterocycles. The van der Waals surface area contributed by atoms with E-state index in [0.717, 1.165) is 5.57 Å². The Bertz CT molecular complexity index is 196. The number of methoxy groups -OCH3 is 1. The summed E-state index contributed by atoms with van der Waals surface area (Å²) in [6.45, 7) is 3.38. The Morgan fingerprint density at radius 1 is 1.58 bits per heavy atom. The fourth-order valence-electron chi connectivity index (χ4n) is 0.794. The van der Waals surface area contributed by atoms with Gasteiger partial charge in [0.1, 0.15) is 6.23 Å². The highest BCUT2D eigenvalue weighted by Gasteiger charge is 2.08. The summed E-state index contributed by atoms with van der Waals surface area (Å²) in [6.07, 6.45) is -0.620. The molecule has 4 heteroatoms. The standard InChI is InChI=1S/C8H15NO3/c1-5(4-7(9)10)6(2)8(11)12-3/h7,10H,4,9H2,1-3H3. The molecule has 0 aromatic carbocycles. The van der Waals surface area contributed by atoms with Crippen molar-refractivity contribution in [2.75, 3.05) is 7.11 Å². The van der Waals surface area contributed by atoms with Crippen molar-refractivity contribution in [2.45, 2.75) is 26.5 Å². The molecule has 0 fully saturated rings. The Labute approximate surface area is 72.0 Å². The summed E-state index contributed by atoms with van der Waals surface area (Å²) < 4.78 is 4.50. The highest BCUT2D eigenvalue weighted by Crippen LogP contribution is 2.09. The first-order chi connectivity index (χ1) is 5.49. The molecular formula is C8H15NO3. The third-order valence-corrected chi connectivity index (χ3v) is 1.65. The topological polar surface area (TPSA) is 72.5 Å². The lowest BCUT2D eigenvalue weighted by Gasteiger charge is -2.07. The highest BCUT2D eigenvalue weighted by molar-refractivity contribution is 5.88. The van der Waals surface area contributed by atoms with Crippen molar-refractivity contribution in [3.63, 3.8) is 0 Å². The second kappa shape index (κ2) is 4.90. The zero-order valence-electron chi connectivity index (χ0n) is 7.63. The molecule has 1 atom stereocenters. The molecule has 0 bridgehead atoms. The van der Waals surface area contributed by atoms with Gasteiger partial charge >= 0.3 is 5.97 Å². The Hall–Kier alpha value is -0.870. The van der Waals surface area contributed by atoms with Crippen LogP contribution in [0.1, 0.15) is 20.3 Å². The van der Waals surface area contributed by atoms with E-state index in [9.17, 15) is 4.79 Å². The van der Waals surface area contributed by atoms with Gasteiger partial charge < -0.3 is 15.6 Å². The van der Waals surface area contributed by atoms with Crippen molar-refractivity contribution >= 4 is 5.97 Å². The van der Waals surface area contributed by atoms with Gasteiger partial charge in [0.05, 0.1) is 7.11 Å². The Balaban J connectivity index is 4.35. The van der Waals surface area contributed by atoms with Gasteiger partial charge in [0.15, 0.2) is 0 Å². The van der Waals surface area contributed by atoms with Crippen LogP contribution in [-0.2, 0) is 9.53 Å². The molecule has 0 aliphatic carbocycles. The van der Waals surface area contributed by atoms with Crippen LogP contribution in [0.4, 0.5) is 0 Å². The lowest BCUT2D eigenvalue weighted by molar-refractivity contribution is -0.136. The highest BCUT2D eigenvalue weighted by atomic mass is 16.5. The number of aliphatic hydroxyl groups excluding tert-OH is 1. The van der Waals surface area contributed by atoms with Gasteiger partial charge in [-0.15, -0.1) is 0 Å². The maximum absolute atomic E-state index is 10.9. The average Bonchev–Trinajstić information content (AvgIpc) is 2.00. The predicted octanol–water partition coefficient (Wildman–Crippen LogP) is 0.163. The van der Waals surface area contributed by atoms with Gasteiger partial charge in [-0.25, -0.2) is 4.79 Å². The monoisotopic (exact) mass is 173 g/mol. The average molecular weight is 173 g/mol. The molecular weight excluding hydrogens is 158 g/mol. The smallest absolute Gasteiger partial charge is 0.333 e. The number of carbonyl (C=O) groups excluding carboxylic acids is 1. The molecule has 0 rings (SSSR count). The number of hydrogen-bond donors (Lipinski definition) is 2. The van der Waals surface area contributed by atoms with E-state index in [1.165, 1.54) is 7.11 Å². The molecule has 0 saturated carbocycles. The van der Waals surface area contributed by atoms with Gasteiger partial charge in [0.2, 0.25) is 0 Å². The fraction of sp³-hybridized carbons (Fsp3) is 0.625. The maximum Gasteiger partial charge on any atom is 0.333 e.